The lowest BCUT2D eigenvalue weighted by Gasteiger charge is -2.32. The summed E-state index contributed by atoms with van der Waals surface area (Å²) in [7, 11) is 0. The average molecular weight is 976 g/mol. The van der Waals surface area contributed by atoms with Gasteiger partial charge < -0.3 is 59.6 Å². The van der Waals surface area contributed by atoms with E-state index in [0.29, 0.717) is 41.3 Å². The number of aliphatic carboxylic acids is 1. The minimum absolute atomic E-state index is 0.0128. The predicted molar refractivity (Wildman–Crippen MR) is 239 cm³/mol. The molecule has 2 saturated heterocycles. The van der Waals surface area contributed by atoms with Crippen molar-refractivity contribution in [1.82, 2.24) is 25.5 Å². The fourth-order valence-corrected chi connectivity index (χ4v) is 6.70. The number of rotatable bonds is 21. The fraction of sp³-hybridized carbons (Fsp3) is 0.512. The van der Waals surface area contributed by atoms with Crippen LogP contribution in [-0.2, 0) is 46.6 Å². The van der Waals surface area contributed by atoms with Gasteiger partial charge in [-0.15, -0.1) is 0 Å². The van der Waals surface area contributed by atoms with Crippen LogP contribution in [0.25, 0.3) is 0 Å². The van der Waals surface area contributed by atoms with E-state index in [1.165, 1.54) is 36.6 Å². The molecule has 4 unspecified atom stereocenters. The van der Waals surface area contributed by atoms with E-state index < -0.39 is 42.7 Å². The first-order valence-corrected chi connectivity index (χ1v) is 22.0. The van der Waals surface area contributed by atoms with Crippen LogP contribution in [0.3, 0.4) is 0 Å². The molecule has 2 aliphatic heterocycles. The van der Waals surface area contributed by atoms with Gasteiger partial charge in [0, 0.05) is 48.9 Å². The fourth-order valence-electron chi connectivity index (χ4n) is 6.36. The van der Waals surface area contributed by atoms with Gasteiger partial charge in [0.1, 0.15) is 30.8 Å². The largest absolute Gasteiger partial charge is 0.489 e. The number of amides is 5. The Kier molecular flexibility index (Phi) is 22.1. The summed E-state index contributed by atoms with van der Waals surface area (Å²) >= 11 is 3.49. The maximum absolute atomic E-state index is 13.2. The van der Waals surface area contributed by atoms with Crippen molar-refractivity contribution in [3.63, 3.8) is 0 Å². The van der Waals surface area contributed by atoms with E-state index in [2.05, 4.69) is 58.9 Å². The summed E-state index contributed by atoms with van der Waals surface area (Å²) in [5, 5.41) is 30.2. The van der Waals surface area contributed by atoms with Crippen molar-refractivity contribution in [1.29, 1.82) is 0 Å². The van der Waals surface area contributed by atoms with Crippen LogP contribution in [0, 0.1) is 13.8 Å². The number of hydrogen-bond donors (Lipinski definition) is 7. The van der Waals surface area contributed by atoms with Gasteiger partial charge in [-0.25, -0.2) is 25.3 Å². The Labute approximate surface area is 385 Å². The van der Waals surface area contributed by atoms with Gasteiger partial charge in [-0.05, 0) is 55.7 Å². The van der Waals surface area contributed by atoms with Crippen LogP contribution in [-0.4, -0.2) is 120 Å². The van der Waals surface area contributed by atoms with Crippen LogP contribution in [0.4, 0.5) is 21.1 Å². The molecule has 0 aliphatic carbocycles. The zero-order chi connectivity index (χ0) is 47.1. The normalized spacial score (nSPS) is 18.0. The van der Waals surface area contributed by atoms with Gasteiger partial charge in [-0.3, -0.25) is 19.9 Å². The number of unbranched alkanes of at least 4 members (excludes halogenated alkanes) is 3. The molecule has 65 heavy (non-hydrogen) atoms. The molecule has 2 aliphatic rings. The minimum atomic E-state index is -1.25. The van der Waals surface area contributed by atoms with Gasteiger partial charge in [-0.2, -0.15) is 0 Å². The van der Waals surface area contributed by atoms with E-state index in [1.807, 2.05) is 6.92 Å². The van der Waals surface area contributed by atoms with Crippen LogP contribution >= 0.6 is 15.9 Å². The van der Waals surface area contributed by atoms with Gasteiger partial charge in [0.2, 0.25) is 18.6 Å². The lowest BCUT2D eigenvalue weighted by atomic mass is 10.1. The molecule has 0 radical (unpaired) electrons. The third kappa shape index (κ3) is 18.4. The number of carboxylic acid groups (broad SMARTS) is 1. The summed E-state index contributed by atoms with van der Waals surface area (Å²) in [6.45, 7) is 7.27. The first-order valence-electron chi connectivity index (χ1n) is 21.2. The summed E-state index contributed by atoms with van der Waals surface area (Å²) in [6.07, 6.45) is 3.96. The van der Waals surface area contributed by atoms with E-state index in [1.54, 1.807) is 37.3 Å². The number of nitrogens with zero attached hydrogens (tertiary/aromatic N) is 3. The number of carbonyl (C=O) groups excluding carboxylic acids is 4. The number of aromatic nitrogens is 2. The molecule has 21 nitrogen and oxygen atoms in total. The molecule has 4 atom stereocenters. The third-order valence-corrected chi connectivity index (χ3v) is 10.7. The molecular weight excluding hydrogens is 916 g/mol. The Hall–Kier alpha value is -5.65. The Bertz CT molecular complexity index is 2010. The molecule has 5 amide bonds. The topological polar surface area (TPSA) is 284 Å². The number of aliphatic hydroxyl groups excluding tert-OH is 1. The number of benzene rings is 2. The molecule has 1 aromatic heterocycles. The van der Waals surface area contributed by atoms with E-state index >= 15 is 0 Å². The molecule has 5 rings (SSSR count). The van der Waals surface area contributed by atoms with E-state index in [4.69, 9.17) is 29.6 Å². The Balaban J connectivity index is 0.00000105. The van der Waals surface area contributed by atoms with Crippen LogP contribution in [0.5, 0.6) is 11.5 Å². The van der Waals surface area contributed by atoms with Crippen LogP contribution in [0.2, 0.25) is 0 Å². The number of nitrogens with one attached hydrogen (secondary N) is 4. The molecule has 356 valence electrons. The molecule has 0 saturated carbocycles. The number of carbonyl (C=O) groups is 5. The highest BCUT2D eigenvalue weighted by Gasteiger charge is 2.34. The van der Waals surface area contributed by atoms with Crippen molar-refractivity contribution in [2.24, 2.45) is 5.90 Å². The standard InChI is InChI=1S/C37H44BrN7O12.C6H15NO/c1-21-9-30(28(13-27(21)38)43-36(51)44-32-16-40-22(2)14-41-32)54-19-26-17-45(7-8-53-26)37(52)55-18-23-3-4-29(24(10-23)15-42-33(48)5-6-39-20-46)56-34-12-25(47)11-31(57-34)35(49)50;1-2-3-4-5-6-8-7/h3-4,9-10,13-14,16,20,25-26,31,34,47H,5-8,11-12,15,17-19H2,1-2H3,(H,39,46)(H,42,48)(H,49,50)(H2,41,43,44,51);2-7H2,1H3. The summed E-state index contributed by atoms with van der Waals surface area (Å²) < 4.78 is 29.8. The molecule has 8 N–H and O–H groups in total. The number of aryl methyl sites for hydroxylation is 2. The predicted octanol–water partition coefficient (Wildman–Crippen LogP) is 4.46. The van der Waals surface area contributed by atoms with Crippen LogP contribution < -0.4 is 36.6 Å². The van der Waals surface area contributed by atoms with Gasteiger partial charge in [0.15, 0.2) is 11.9 Å². The number of halogens is 1. The lowest BCUT2D eigenvalue weighted by Crippen LogP contribution is -2.47. The second-order valence-corrected chi connectivity index (χ2v) is 16.0. The van der Waals surface area contributed by atoms with Gasteiger partial charge >= 0.3 is 18.1 Å². The van der Waals surface area contributed by atoms with Gasteiger partial charge in [0.25, 0.3) is 0 Å². The molecule has 0 bridgehead atoms. The number of anilines is 2. The van der Waals surface area contributed by atoms with E-state index in [0.717, 1.165) is 16.5 Å². The quantitative estimate of drug-likeness (QED) is 0.0441. The van der Waals surface area contributed by atoms with Crippen molar-refractivity contribution in [2.75, 3.05) is 50.1 Å². The molecular formula is C43H59BrN8O13. The average Bonchev–Trinajstić information content (AvgIpc) is 3.28. The summed E-state index contributed by atoms with van der Waals surface area (Å²) in [4.78, 5) is 74.6. The third-order valence-electron chi connectivity index (χ3n) is 9.81. The number of urea groups is 1. The van der Waals surface area contributed by atoms with Gasteiger partial charge in [-0.1, -0.05) is 48.2 Å². The SMILES string of the molecule is CCCCCCON.Cc1cnc(NC(=O)Nc2cc(Br)c(C)cc2OCC2CN(C(=O)OCc3ccc(OC4CC(O)CC(C(=O)O)O4)c(CNC(=O)CCNC=O)c3)CCO2)cn1. The second-order valence-electron chi connectivity index (χ2n) is 15.1. The first-order chi connectivity index (χ1) is 31.3. The maximum atomic E-state index is 13.2. The number of nitrogens with two attached hydrogens (primary N) is 1. The first kappa shape index (κ1) is 52.0. The van der Waals surface area contributed by atoms with Crippen LogP contribution in [0.15, 0.2) is 47.2 Å². The molecule has 22 heteroatoms. The van der Waals surface area contributed by atoms with E-state index in [9.17, 15) is 34.2 Å². The number of morpholine rings is 1. The van der Waals surface area contributed by atoms with Crippen molar-refractivity contribution in [2.45, 2.75) is 103 Å². The number of hydrogen-bond acceptors (Lipinski definition) is 15. The molecule has 2 fully saturated rings. The molecule has 2 aromatic carbocycles. The summed E-state index contributed by atoms with van der Waals surface area (Å²) in [6, 6.07) is 7.81. The zero-order valence-electron chi connectivity index (χ0n) is 36.7. The number of carboxylic acids is 1. The second kappa shape index (κ2) is 27.6. The van der Waals surface area contributed by atoms with Gasteiger partial charge in [0.05, 0.1) is 49.6 Å². The Morgan fingerprint density at radius 2 is 1.86 bits per heavy atom. The zero-order valence-corrected chi connectivity index (χ0v) is 38.3. The molecule has 3 heterocycles. The van der Waals surface area contributed by atoms with Crippen molar-refractivity contribution in [3.8, 4) is 11.5 Å². The summed E-state index contributed by atoms with van der Waals surface area (Å²) in [5.74, 6) is 4.15. The smallest absolute Gasteiger partial charge is 0.410 e. The monoisotopic (exact) mass is 974 g/mol. The highest BCUT2D eigenvalue weighted by atomic mass is 79.9. The number of aliphatic hydroxyl groups is 1. The minimum Gasteiger partial charge on any atom is -0.489 e. The van der Waals surface area contributed by atoms with Crippen molar-refractivity contribution >= 4 is 57.8 Å². The highest BCUT2D eigenvalue weighted by molar-refractivity contribution is 9.10. The van der Waals surface area contributed by atoms with Crippen molar-refractivity contribution < 1.29 is 62.7 Å². The Morgan fingerprint density at radius 1 is 1.05 bits per heavy atom. The molecule has 3 aromatic rings. The maximum Gasteiger partial charge on any atom is 0.410 e. The van der Waals surface area contributed by atoms with E-state index in [-0.39, 0.29) is 82.7 Å². The highest BCUT2D eigenvalue weighted by Crippen LogP contribution is 2.32. The Morgan fingerprint density at radius 3 is 2.58 bits per heavy atom. The molecule has 0 spiro atoms. The lowest BCUT2D eigenvalue weighted by molar-refractivity contribution is -0.195. The summed E-state index contributed by atoms with van der Waals surface area (Å²) in [5.41, 5.74) is 2.98. The van der Waals surface area contributed by atoms with Crippen molar-refractivity contribution in [3.05, 3.63) is 69.6 Å². The van der Waals surface area contributed by atoms with Crippen LogP contribution in [0.1, 0.15) is 74.3 Å². The number of ether oxygens (including phenoxy) is 5.